The summed E-state index contributed by atoms with van der Waals surface area (Å²) in [5.41, 5.74) is 7.07. The van der Waals surface area contributed by atoms with Crippen LogP contribution in [-0.2, 0) is 6.42 Å². The maximum atomic E-state index is 15.6. The number of hydrogen-bond donors (Lipinski definition) is 2. The van der Waals surface area contributed by atoms with Crippen LogP contribution in [0.5, 0.6) is 0 Å². The van der Waals surface area contributed by atoms with Gasteiger partial charge in [0.2, 0.25) is 0 Å². The molecule has 0 atom stereocenters. The summed E-state index contributed by atoms with van der Waals surface area (Å²) >= 11 is 0. The van der Waals surface area contributed by atoms with E-state index in [0.29, 0.717) is 17.2 Å². The van der Waals surface area contributed by atoms with Crippen LogP contribution in [0.3, 0.4) is 0 Å². The number of nitrogen functional groups attached to an aromatic ring is 1. The average molecular weight is 626 g/mol. The van der Waals surface area contributed by atoms with Gasteiger partial charge in [-0.2, -0.15) is 5.10 Å². The zero-order chi connectivity index (χ0) is 32.5. The van der Waals surface area contributed by atoms with Crippen molar-refractivity contribution in [1.82, 2.24) is 29.2 Å². The molecule has 0 bridgehead atoms. The maximum absolute atomic E-state index is 15.6. The van der Waals surface area contributed by atoms with Crippen molar-refractivity contribution in [2.75, 3.05) is 18.8 Å². The molecule has 46 heavy (non-hydrogen) atoms. The Bertz CT molecular complexity index is 2040. The number of nitrogens with two attached hydrogens (primary N) is 1. The van der Waals surface area contributed by atoms with Gasteiger partial charge < -0.3 is 11.1 Å². The van der Waals surface area contributed by atoms with Gasteiger partial charge in [0.15, 0.2) is 5.78 Å². The third-order valence-corrected chi connectivity index (χ3v) is 8.28. The highest BCUT2D eigenvalue weighted by Gasteiger charge is 2.22. The summed E-state index contributed by atoms with van der Waals surface area (Å²) in [5, 5.41) is 7.89. The van der Waals surface area contributed by atoms with Crippen molar-refractivity contribution in [2.45, 2.75) is 45.2 Å². The summed E-state index contributed by atoms with van der Waals surface area (Å²) in [5.74, 6) is -1.60. The summed E-state index contributed by atoms with van der Waals surface area (Å²) in [4.78, 5) is 44.3. The molecule has 1 aliphatic heterocycles. The average Bonchev–Trinajstić information content (AvgIpc) is 3.53. The minimum absolute atomic E-state index is 0.128. The summed E-state index contributed by atoms with van der Waals surface area (Å²) < 4.78 is 33.2. The molecule has 4 heterocycles. The highest BCUT2D eigenvalue weighted by Crippen LogP contribution is 2.32. The van der Waals surface area contributed by atoms with Crippen molar-refractivity contribution in [2.24, 2.45) is 0 Å². The first kappa shape index (κ1) is 30.8. The largest absolute Gasteiger partial charge is 0.383 e. The third kappa shape index (κ3) is 6.03. The predicted octanol–water partition coefficient (Wildman–Crippen LogP) is 4.72. The lowest BCUT2D eigenvalue weighted by molar-refractivity contribution is 0.0990. The second-order valence-corrected chi connectivity index (χ2v) is 11.7. The molecule has 3 aromatic heterocycles. The van der Waals surface area contributed by atoms with Crippen LogP contribution in [-0.4, -0.2) is 42.8 Å². The number of aromatic nitrogens is 5. The first-order valence-corrected chi connectivity index (χ1v) is 15.1. The van der Waals surface area contributed by atoms with Crippen molar-refractivity contribution in [3.05, 3.63) is 117 Å². The number of rotatable bonds is 8. The van der Waals surface area contributed by atoms with E-state index in [-0.39, 0.29) is 35.1 Å². The molecule has 5 aromatic rings. The standard InChI is InChI=1S/C34H33F2N7O3/c1-20(2)41-19-29(33(45)43(34(41)46)26-6-4-24(35)5-7-26)31(44)14-21-3-8-27(30(36)13-21)28-15-22(16-39-32(28)37)23-17-40-42(18-23)25-9-11-38-12-10-25/h3-8,13,15-20,25,38H,9-12,14H2,1-2H3,(H2,37,39). The minimum Gasteiger partial charge on any atom is -0.383 e. The molecule has 0 spiro atoms. The molecule has 2 aromatic carbocycles. The molecule has 0 amide bonds. The van der Waals surface area contributed by atoms with Crippen LogP contribution in [0.15, 0.2) is 82.9 Å². The molecular weight excluding hydrogens is 592 g/mol. The fourth-order valence-electron chi connectivity index (χ4n) is 5.73. The molecule has 1 fully saturated rings. The molecule has 10 nitrogen and oxygen atoms in total. The number of benzene rings is 2. The second kappa shape index (κ2) is 12.6. The van der Waals surface area contributed by atoms with Gasteiger partial charge in [0, 0.05) is 53.3 Å². The number of carbonyl (C=O) groups excluding carboxylic acids is 1. The van der Waals surface area contributed by atoms with E-state index in [4.69, 9.17) is 5.73 Å². The number of carbonyl (C=O) groups is 1. The zero-order valence-corrected chi connectivity index (χ0v) is 25.4. The Kier molecular flexibility index (Phi) is 8.46. The first-order valence-electron chi connectivity index (χ1n) is 15.1. The zero-order valence-electron chi connectivity index (χ0n) is 25.4. The summed E-state index contributed by atoms with van der Waals surface area (Å²) in [6.45, 7) is 5.35. The maximum Gasteiger partial charge on any atom is 0.335 e. The van der Waals surface area contributed by atoms with Gasteiger partial charge in [-0.25, -0.2) is 23.1 Å². The van der Waals surface area contributed by atoms with Gasteiger partial charge in [0.05, 0.1) is 17.9 Å². The Morgan fingerprint density at radius 2 is 1.72 bits per heavy atom. The van der Waals surface area contributed by atoms with E-state index in [0.717, 1.165) is 53.8 Å². The van der Waals surface area contributed by atoms with Crippen molar-refractivity contribution in [3.63, 3.8) is 0 Å². The second-order valence-electron chi connectivity index (χ2n) is 11.7. The Labute approximate surface area is 263 Å². The molecule has 3 N–H and O–H groups in total. The minimum atomic E-state index is -0.838. The third-order valence-electron chi connectivity index (χ3n) is 8.28. The number of Topliss-reactive ketones (excluding diaryl/α,β-unsaturated/α-hetero) is 1. The molecule has 12 heteroatoms. The van der Waals surface area contributed by atoms with Crippen LogP contribution in [0.1, 0.15) is 54.7 Å². The van der Waals surface area contributed by atoms with E-state index >= 15 is 4.39 Å². The molecule has 0 radical (unpaired) electrons. The number of nitrogens with one attached hydrogen (secondary N) is 1. The van der Waals surface area contributed by atoms with Gasteiger partial charge in [-0.3, -0.25) is 18.8 Å². The topological polar surface area (TPSA) is 130 Å². The smallest absolute Gasteiger partial charge is 0.335 e. The fourth-order valence-corrected chi connectivity index (χ4v) is 5.73. The number of pyridine rings is 1. The molecule has 236 valence electrons. The highest BCUT2D eigenvalue weighted by atomic mass is 19.1. The van der Waals surface area contributed by atoms with E-state index in [1.54, 1.807) is 38.4 Å². The SMILES string of the molecule is CC(C)n1cc(C(=O)Cc2ccc(-c3cc(-c4cnn(C5CCNCC5)c4)cnc3N)c(F)c2)c(=O)n(-c2ccc(F)cc2)c1=O. The predicted molar refractivity (Wildman–Crippen MR) is 171 cm³/mol. The Morgan fingerprint density at radius 1 is 0.978 bits per heavy atom. The van der Waals surface area contributed by atoms with Gasteiger partial charge >= 0.3 is 5.69 Å². The Morgan fingerprint density at radius 3 is 2.41 bits per heavy atom. The number of piperidine rings is 1. The van der Waals surface area contributed by atoms with Crippen LogP contribution in [0.25, 0.3) is 27.9 Å². The lowest BCUT2D eigenvalue weighted by Crippen LogP contribution is -2.42. The van der Waals surface area contributed by atoms with E-state index < -0.39 is 28.7 Å². The van der Waals surface area contributed by atoms with Gasteiger partial charge in [0.1, 0.15) is 23.0 Å². The number of anilines is 1. The normalized spacial score (nSPS) is 13.8. The summed E-state index contributed by atoms with van der Waals surface area (Å²) in [6, 6.07) is 10.9. The van der Waals surface area contributed by atoms with Gasteiger partial charge in [-0.15, -0.1) is 0 Å². The molecular formula is C34H33F2N7O3. The van der Waals surface area contributed by atoms with E-state index in [1.807, 2.05) is 10.9 Å². The Hall–Kier alpha value is -5.23. The van der Waals surface area contributed by atoms with E-state index in [1.165, 1.54) is 35.0 Å². The number of hydrogen-bond acceptors (Lipinski definition) is 7. The lowest BCUT2D eigenvalue weighted by Gasteiger charge is -2.22. The fraction of sp³-hybridized carbons (Fsp3) is 0.265. The van der Waals surface area contributed by atoms with Crippen molar-refractivity contribution >= 4 is 11.6 Å². The van der Waals surface area contributed by atoms with Crippen LogP contribution in [0.4, 0.5) is 14.6 Å². The highest BCUT2D eigenvalue weighted by molar-refractivity contribution is 5.97. The van der Waals surface area contributed by atoms with Crippen molar-refractivity contribution < 1.29 is 13.6 Å². The van der Waals surface area contributed by atoms with Crippen LogP contribution in [0, 0.1) is 11.6 Å². The van der Waals surface area contributed by atoms with Crippen molar-refractivity contribution in [3.8, 4) is 27.9 Å². The quantitative estimate of drug-likeness (QED) is 0.239. The van der Waals surface area contributed by atoms with Crippen molar-refractivity contribution in [1.29, 1.82) is 0 Å². The molecule has 0 unspecified atom stereocenters. The van der Waals surface area contributed by atoms with Gasteiger partial charge in [0.25, 0.3) is 5.56 Å². The molecule has 0 saturated carbocycles. The number of ketones is 1. The monoisotopic (exact) mass is 625 g/mol. The molecule has 6 rings (SSSR count). The Balaban J connectivity index is 1.28. The lowest BCUT2D eigenvalue weighted by atomic mass is 9.98. The van der Waals surface area contributed by atoms with E-state index in [2.05, 4.69) is 15.4 Å². The summed E-state index contributed by atoms with van der Waals surface area (Å²) in [6.07, 6.45) is 8.25. The number of halogens is 2. The number of nitrogens with zero attached hydrogens (tertiary/aromatic N) is 5. The van der Waals surface area contributed by atoms with Crippen LogP contribution in [0.2, 0.25) is 0 Å². The molecule has 0 aliphatic carbocycles. The van der Waals surface area contributed by atoms with Gasteiger partial charge in [-0.1, -0.05) is 12.1 Å². The summed E-state index contributed by atoms with van der Waals surface area (Å²) in [7, 11) is 0. The van der Waals surface area contributed by atoms with E-state index in [9.17, 15) is 18.8 Å². The molecule has 1 aliphatic rings. The van der Waals surface area contributed by atoms with Crippen LogP contribution < -0.4 is 22.3 Å². The van der Waals surface area contributed by atoms with Crippen LogP contribution >= 0.6 is 0 Å². The van der Waals surface area contributed by atoms with Gasteiger partial charge in [-0.05, 0) is 81.7 Å². The molecule has 1 saturated heterocycles. The first-order chi connectivity index (χ1) is 22.1.